The number of likely N-dealkylation sites (tertiary alicyclic amines) is 1. The van der Waals surface area contributed by atoms with E-state index >= 15 is 0 Å². The van der Waals surface area contributed by atoms with Crippen LogP contribution in [0.25, 0.3) is 0 Å². The molecule has 3 fully saturated rings. The Morgan fingerprint density at radius 3 is 2.68 bits per heavy atom. The molecule has 0 N–H and O–H groups in total. The smallest absolute Gasteiger partial charge is 0.312 e. The molecule has 0 saturated carbocycles. The zero-order chi connectivity index (χ0) is 17.3. The fourth-order valence-electron chi connectivity index (χ4n) is 4.11. The fraction of sp³-hybridized carbons (Fsp3) is 0.667. The van der Waals surface area contributed by atoms with E-state index < -0.39 is 0 Å². The van der Waals surface area contributed by atoms with Gasteiger partial charge in [0.2, 0.25) is 0 Å². The van der Waals surface area contributed by atoms with Crippen LogP contribution in [-0.4, -0.2) is 73.7 Å². The van der Waals surface area contributed by atoms with Gasteiger partial charge in [0.25, 0.3) is 5.91 Å². The van der Waals surface area contributed by atoms with Crippen molar-refractivity contribution in [2.24, 2.45) is 5.41 Å². The van der Waals surface area contributed by atoms with Gasteiger partial charge in [-0.1, -0.05) is 6.07 Å². The van der Waals surface area contributed by atoms with Gasteiger partial charge in [-0.3, -0.25) is 14.5 Å². The highest BCUT2D eigenvalue weighted by atomic mass is 32.1. The Hall–Kier alpha value is -1.44. The van der Waals surface area contributed by atoms with Crippen LogP contribution in [0.5, 0.6) is 0 Å². The van der Waals surface area contributed by atoms with E-state index in [-0.39, 0.29) is 23.4 Å². The minimum atomic E-state index is -0.386. The molecule has 0 aliphatic carbocycles. The molecule has 0 bridgehead atoms. The van der Waals surface area contributed by atoms with E-state index in [9.17, 15) is 9.59 Å². The number of rotatable bonds is 3. The van der Waals surface area contributed by atoms with Crippen LogP contribution in [0, 0.1) is 5.41 Å². The lowest BCUT2D eigenvalue weighted by Crippen LogP contribution is -2.45. The molecular weight excluding hydrogens is 340 g/mol. The zero-order valence-corrected chi connectivity index (χ0v) is 15.1. The van der Waals surface area contributed by atoms with Crippen LogP contribution < -0.4 is 0 Å². The van der Waals surface area contributed by atoms with Crippen LogP contribution >= 0.6 is 11.3 Å². The van der Waals surface area contributed by atoms with E-state index in [2.05, 4.69) is 4.90 Å². The van der Waals surface area contributed by atoms with Crippen molar-refractivity contribution in [3.05, 3.63) is 22.4 Å². The van der Waals surface area contributed by atoms with Gasteiger partial charge in [0.1, 0.15) is 6.10 Å². The molecule has 0 radical (unpaired) electrons. The van der Waals surface area contributed by atoms with Gasteiger partial charge < -0.3 is 14.4 Å². The summed E-state index contributed by atoms with van der Waals surface area (Å²) in [7, 11) is 0. The van der Waals surface area contributed by atoms with Crippen molar-refractivity contribution in [1.82, 2.24) is 9.80 Å². The van der Waals surface area contributed by atoms with Crippen LogP contribution in [0.4, 0.5) is 0 Å². The van der Waals surface area contributed by atoms with Crippen molar-refractivity contribution >= 4 is 23.2 Å². The second-order valence-corrected chi connectivity index (χ2v) is 8.14. The van der Waals surface area contributed by atoms with Gasteiger partial charge in [-0.05, 0) is 24.3 Å². The third-order valence-electron chi connectivity index (χ3n) is 5.63. The van der Waals surface area contributed by atoms with Crippen molar-refractivity contribution in [3.8, 4) is 0 Å². The minimum absolute atomic E-state index is 0.0230. The molecule has 6 nitrogen and oxygen atoms in total. The zero-order valence-electron chi connectivity index (χ0n) is 14.3. The van der Waals surface area contributed by atoms with Crippen LogP contribution in [0.2, 0.25) is 0 Å². The summed E-state index contributed by atoms with van der Waals surface area (Å²) in [5.41, 5.74) is -0.386. The summed E-state index contributed by atoms with van der Waals surface area (Å²) in [6, 6.07) is 3.76. The van der Waals surface area contributed by atoms with Gasteiger partial charge in [-0.25, -0.2) is 0 Å². The van der Waals surface area contributed by atoms with Gasteiger partial charge in [-0.15, -0.1) is 11.3 Å². The number of hydrogen-bond donors (Lipinski definition) is 0. The Morgan fingerprint density at radius 2 is 2.00 bits per heavy atom. The maximum atomic E-state index is 12.5. The lowest BCUT2D eigenvalue weighted by Gasteiger charge is -2.36. The lowest BCUT2D eigenvalue weighted by molar-refractivity contribution is -0.151. The van der Waals surface area contributed by atoms with Crippen molar-refractivity contribution in [3.63, 3.8) is 0 Å². The molecule has 1 amide bonds. The van der Waals surface area contributed by atoms with Crippen molar-refractivity contribution in [2.75, 3.05) is 45.9 Å². The van der Waals surface area contributed by atoms with Gasteiger partial charge in [0.05, 0.1) is 23.5 Å². The average Bonchev–Trinajstić information content (AvgIpc) is 3.26. The molecule has 1 spiro atoms. The second-order valence-electron chi connectivity index (χ2n) is 7.19. The molecular formula is C18H24N2O4S. The number of esters is 1. The number of amides is 1. The molecule has 1 aromatic heterocycles. The van der Waals surface area contributed by atoms with Gasteiger partial charge in [0, 0.05) is 39.1 Å². The molecule has 7 heteroatoms. The third-order valence-corrected chi connectivity index (χ3v) is 6.49. The Bertz CT molecular complexity index is 619. The number of cyclic esters (lactones) is 1. The van der Waals surface area contributed by atoms with Crippen molar-refractivity contribution < 1.29 is 19.1 Å². The standard InChI is InChI=1S/C18H24N2O4S/c21-16(15-2-1-11-25-15)20-5-3-18(4-6-20)12-14(24-17(18)22)13-19-7-9-23-10-8-19/h1-2,11,14H,3-10,12-13H2. The summed E-state index contributed by atoms with van der Waals surface area (Å²) >= 11 is 1.47. The molecule has 3 aliphatic heterocycles. The number of piperidine rings is 1. The maximum absolute atomic E-state index is 12.5. The minimum Gasteiger partial charge on any atom is -0.461 e. The van der Waals surface area contributed by atoms with Crippen LogP contribution in [0.15, 0.2) is 17.5 Å². The fourth-order valence-corrected chi connectivity index (χ4v) is 4.80. The lowest BCUT2D eigenvalue weighted by atomic mass is 9.76. The summed E-state index contributed by atoms with van der Waals surface area (Å²) in [6.45, 7) is 5.40. The predicted octanol–water partition coefficient (Wildman–Crippen LogP) is 1.62. The topological polar surface area (TPSA) is 59.1 Å². The number of carbonyl (C=O) groups is 2. The summed E-state index contributed by atoms with van der Waals surface area (Å²) < 4.78 is 11.1. The molecule has 4 heterocycles. The first-order chi connectivity index (χ1) is 12.2. The van der Waals surface area contributed by atoms with Crippen LogP contribution in [-0.2, 0) is 14.3 Å². The average molecular weight is 364 g/mol. The van der Waals surface area contributed by atoms with E-state index in [1.165, 1.54) is 11.3 Å². The highest BCUT2D eigenvalue weighted by Gasteiger charge is 2.51. The summed E-state index contributed by atoms with van der Waals surface area (Å²) in [4.78, 5) is 30.0. The maximum Gasteiger partial charge on any atom is 0.312 e. The van der Waals surface area contributed by atoms with E-state index in [1.54, 1.807) is 0 Å². The van der Waals surface area contributed by atoms with Crippen molar-refractivity contribution in [2.45, 2.75) is 25.4 Å². The predicted molar refractivity (Wildman–Crippen MR) is 93.6 cm³/mol. The Morgan fingerprint density at radius 1 is 1.24 bits per heavy atom. The summed E-state index contributed by atoms with van der Waals surface area (Å²) in [6.07, 6.45) is 2.18. The number of thiophene rings is 1. The first-order valence-electron chi connectivity index (χ1n) is 9.00. The number of carbonyl (C=O) groups excluding carboxylic acids is 2. The highest BCUT2D eigenvalue weighted by Crippen LogP contribution is 2.43. The first-order valence-corrected chi connectivity index (χ1v) is 9.88. The molecule has 3 saturated heterocycles. The number of morpholine rings is 1. The monoisotopic (exact) mass is 364 g/mol. The van der Waals surface area contributed by atoms with Crippen LogP contribution in [0.1, 0.15) is 28.9 Å². The molecule has 136 valence electrons. The number of ether oxygens (including phenoxy) is 2. The van der Waals surface area contributed by atoms with Gasteiger partial charge in [0.15, 0.2) is 0 Å². The van der Waals surface area contributed by atoms with E-state index in [0.717, 1.165) is 44.1 Å². The molecule has 25 heavy (non-hydrogen) atoms. The third kappa shape index (κ3) is 3.45. The second kappa shape index (κ2) is 7.05. The molecule has 1 atom stereocenters. The largest absolute Gasteiger partial charge is 0.461 e. The van der Waals surface area contributed by atoms with Gasteiger partial charge in [-0.2, -0.15) is 0 Å². The Balaban J connectivity index is 1.34. The molecule has 3 aliphatic rings. The number of hydrogen-bond acceptors (Lipinski definition) is 6. The number of nitrogens with zero attached hydrogens (tertiary/aromatic N) is 2. The van der Waals surface area contributed by atoms with E-state index in [0.29, 0.717) is 25.9 Å². The summed E-state index contributed by atoms with van der Waals surface area (Å²) in [5, 5.41) is 1.92. The molecule has 0 aromatic carbocycles. The molecule has 4 rings (SSSR count). The molecule has 1 aromatic rings. The molecule has 1 unspecified atom stereocenters. The normalized spacial score (nSPS) is 26.8. The van der Waals surface area contributed by atoms with Crippen molar-refractivity contribution in [1.29, 1.82) is 0 Å². The quantitative estimate of drug-likeness (QED) is 0.763. The Kier molecular flexibility index (Phi) is 4.80. The van der Waals surface area contributed by atoms with E-state index in [4.69, 9.17) is 9.47 Å². The van der Waals surface area contributed by atoms with Gasteiger partial charge >= 0.3 is 5.97 Å². The SMILES string of the molecule is O=C(c1cccs1)N1CCC2(CC1)CC(CN1CCOCC1)OC2=O. The first kappa shape index (κ1) is 17.0. The van der Waals surface area contributed by atoms with Crippen LogP contribution in [0.3, 0.4) is 0 Å². The summed E-state index contributed by atoms with van der Waals surface area (Å²) in [5.74, 6) is 0.0232. The highest BCUT2D eigenvalue weighted by molar-refractivity contribution is 7.12. The van der Waals surface area contributed by atoms with E-state index in [1.807, 2.05) is 22.4 Å². The Labute approximate surface area is 151 Å².